The third-order valence-electron chi connectivity index (χ3n) is 4.78. The van der Waals surface area contributed by atoms with Crippen molar-refractivity contribution in [1.82, 2.24) is 14.9 Å². The quantitative estimate of drug-likeness (QED) is 0.762. The summed E-state index contributed by atoms with van der Waals surface area (Å²) in [5.74, 6) is 0.255. The minimum Gasteiger partial charge on any atom is -0.372 e. The molecule has 1 fully saturated rings. The van der Waals surface area contributed by atoms with Gasteiger partial charge in [0, 0.05) is 13.1 Å². The Morgan fingerprint density at radius 1 is 1.32 bits per heavy atom. The number of amides is 1. The topological polar surface area (TPSA) is 87.7 Å². The summed E-state index contributed by atoms with van der Waals surface area (Å²) in [5, 5.41) is 3.14. The van der Waals surface area contributed by atoms with Crippen LogP contribution in [-0.4, -0.2) is 52.5 Å². The van der Waals surface area contributed by atoms with Gasteiger partial charge in [-0.3, -0.25) is 4.79 Å². The lowest BCUT2D eigenvalue weighted by molar-refractivity contribution is -0.131. The molecule has 0 radical (unpaired) electrons. The van der Waals surface area contributed by atoms with Crippen molar-refractivity contribution in [1.29, 1.82) is 0 Å². The molecule has 2 N–H and O–H groups in total. The van der Waals surface area contributed by atoms with E-state index in [1.54, 1.807) is 23.1 Å². The maximum atomic E-state index is 12.5. The van der Waals surface area contributed by atoms with Crippen LogP contribution in [0.4, 0.5) is 0 Å². The number of hydrogen-bond acceptors (Lipinski definition) is 5. The van der Waals surface area contributed by atoms with Crippen molar-refractivity contribution in [3.05, 3.63) is 29.3 Å². The van der Waals surface area contributed by atoms with Crippen molar-refractivity contribution >= 4 is 15.9 Å². The van der Waals surface area contributed by atoms with Crippen LogP contribution < -0.4 is 10.0 Å². The number of likely N-dealkylation sites (tertiary alicyclic amines) is 1. The molecule has 1 atom stereocenters. The van der Waals surface area contributed by atoms with E-state index in [0.29, 0.717) is 32.2 Å². The van der Waals surface area contributed by atoms with Gasteiger partial charge < -0.3 is 15.0 Å². The molecule has 1 aromatic carbocycles. The maximum absolute atomic E-state index is 12.5. The Balaban J connectivity index is 1.59. The van der Waals surface area contributed by atoms with Crippen LogP contribution in [0, 0.1) is 5.92 Å². The van der Waals surface area contributed by atoms with E-state index in [4.69, 9.17) is 4.74 Å². The molecule has 2 heterocycles. The highest BCUT2D eigenvalue weighted by Crippen LogP contribution is 2.23. The molecule has 138 valence electrons. The van der Waals surface area contributed by atoms with E-state index in [9.17, 15) is 13.2 Å². The summed E-state index contributed by atoms with van der Waals surface area (Å²) in [4.78, 5) is 14.3. The highest BCUT2D eigenvalue weighted by atomic mass is 32.2. The maximum Gasteiger partial charge on any atom is 0.241 e. The first-order valence-corrected chi connectivity index (χ1v) is 10.1. The molecule has 8 heteroatoms. The highest BCUT2D eigenvalue weighted by Gasteiger charge is 2.25. The standard InChI is InChI=1S/C17H25N3O4S/c1-18-8-13-3-2-6-20(10-13)17(21)9-19-25(22,23)16-5-4-14-11-24-12-15(14)7-16/h4-5,7,13,18-19H,2-3,6,8-12H2,1H3. The number of nitrogens with one attached hydrogen (secondary N) is 2. The molecule has 0 spiro atoms. The first-order chi connectivity index (χ1) is 12.0. The molecule has 7 nitrogen and oxygen atoms in total. The van der Waals surface area contributed by atoms with E-state index in [2.05, 4.69) is 10.0 Å². The van der Waals surface area contributed by atoms with Crippen LogP contribution in [0.3, 0.4) is 0 Å². The summed E-state index contributed by atoms with van der Waals surface area (Å²) in [6.07, 6.45) is 2.04. The number of sulfonamides is 1. The lowest BCUT2D eigenvalue weighted by Gasteiger charge is -2.32. The van der Waals surface area contributed by atoms with Crippen molar-refractivity contribution in [3.63, 3.8) is 0 Å². The van der Waals surface area contributed by atoms with Gasteiger partial charge in [0.15, 0.2) is 0 Å². The van der Waals surface area contributed by atoms with E-state index in [1.807, 2.05) is 7.05 Å². The van der Waals surface area contributed by atoms with E-state index in [0.717, 1.165) is 30.5 Å². The minimum absolute atomic E-state index is 0.172. The van der Waals surface area contributed by atoms with Crippen LogP contribution in [0.25, 0.3) is 0 Å². The fraction of sp³-hybridized carbons (Fsp3) is 0.588. The van der Waals surface area contributed by atoms with Crippen molar-refractivity contribution in [2.24, 2.45) is 5.92 Å². The number of benzene rings is 1. The van der Waals surface area contributed by atoms with Gasteiger partial charge in [-0.1, -0.05) is 6.07 Å². The zero-order valence-corrected chi connectivity index (χ0v) is 15.3. The normalized spacial score (nSPS) is 20.5. The van der Waals surface area contributed by atoms with Gasteiger partial charge >= 0.3 is 0 Å². The molecule has 2 aliphatic rings. The molecular weight excluding hydrogens is 342 g/mol. The number of fused-ring (bicyclic) bond motifs is 1. The summed E-state index contributed by atoms with van der Waals surface area (Å²) in [7, 11) is -1.81. The third kappa shape index (κ3) is 4.38. The predicted octanol–water partition coefficient (Wildman–Crippen LogP) is 0.453. The van der Waals surface area contributed by atoms with Crippen molar-refractivity contribution in [2.75, 3.05) is 33.2 Å². The molecule has 1 amide bonds. The van der Waals surface area contributed by atoms with E-state index in [-0.39, 0.29) is 17.3 Å². The Hall–Kier alpha value is -1.48. The summed E-state index contributed by atoms with van der Waals surface area (Å²) < 4.78 is 32.7. The van der Waals surface area contributed by atoms with Crippen molar-refractivity contribution in [3.8, 4) is 0 Å². The van der Waals surface area contributed by atoms with Gasteiger partial charge in [-0.05, 0) is 55.6 Å². The largest absolute Gasteiger partial charge is 0.372 e. The molecule has 1 saturated heterocycles. The number of carbonyl (C=O) groups excluding carboxylic acids is 1. The van der Waals surface area contributed by atoms with Gasteiger partial charge in [0.2, 0.25) is 15.9 Å². The number of rotatable bonds is 6. The Kier molecular flexibility index (Phi) is 5.73. The third-order valence-corrected chi connectivity index (χ3v) is 6.18. The van der Waals surface area contributed by atoms with E-state index < -0.39 is 10.0 Å². The molecule has 2 aliphatic heterocycles. The molecule has 25 heavy (non-hydrogen) atoms. The zero-order chi connectivity index (χ0) is 17.9. The first-order valence-electron chi connectivity index (χ1n) is 8.61. The summed E-state index contributed by atoms with van der Waals surface area (Å²) in [6.45, 7) is 2.98. The van der Waals surface area contributed by atoms with Crippen LogP contribution in [0.1, 0.15) is 24.0 Å². The SMILES string of the molecule is CNCC1CCCN(C(=O)CNS(=O)(=O)c2ccc3c(c2)COC3)C1. The molecule has 3 rings (SSSR count). The smallest absolute Gasteiger partial charge is 0.241 e. The van der Waals surface area contributed by atoms with Gasteiger partial charge in [0.1, 0.15) is 0 Å². The number of nitrogens with zero attached hydrogens (tertiary/aromatic N) is 1. The van der Waals surface area contributed by atoms with Crippen LogP contribution in [0.15, 0.2) is 23.1 Å². The van der Waals surface area contributed by atoms with Crippen molar-refractivity contribution in [2.45, 2.75) is 31.0 Å². The van der Waals surface area contributed by atoms with Gasteiger partial charge in [-0.2, -0.15) is 0 Å². The van der Waals surface area contributed by atoms with Gasteiger partial charge in [0.05, 0.1) is 24.7 Å². The lowest BCUT2D eigenvalue weighted by atomic mass is 9.98. The predicted molar refractivity (Wildman–Crippen MR) is 93.4 cm³/mol. The highest BCUT2D eigenvalue weighted by molar-refractivity contribution is 7.89. The average Bonchev–Trinajstić information content (AvgIpc) is 3.08. The number of hydrogen-bond donors (Lipinski definition) is 2. The second kappa shape index (κ2) is 7.82. The van der Waals surface area contributed by atoms with E-state index >= 15 is 0 Å². The Morgan fingerprint density at radius 3 is 2.92 bits per heavy atom. The Bertz CT molecular complexity index is 733. The molecule has 0 aromatic heterocycles. The van der Waals surface area contributed by atoms with Crippen LogP contribution in [0.5, 0.6) is 0 Å². The molecule has 0 bridgehead atoms. The molecule has 0 aliphatic carbocycles. The second-order valence-electron chi connectivity index (χ2n) is 6.65. The van der Waals surface area contributed by atoms with Gasteiger partial charge in [-0.25, -0.2) is 13.1 Å². The van der Waals surface area contributed by atoms with Crippen LogP contribution in [0.2, 0.25) is 0 Å². The fourth-order valence-corrected chi connectivity index (χ4v) is 4.44. The number of carbonyl (C=O) groups is 1. The molecule has 0 saturated carbocycles. The van der Waals surface area contributed by atoms with Crippen LogP contribution >= 0.6 is 0 Å². The second-order valence-corrected chi connectivity index (χ2v) is 8.42. The first kappa shape index (κ1) is 18.3. The number of ether oxygens (including phenoxy) is 1. The monoisotopic (exact) mass is 367 g/mol. The average molecular weight is 367 g/mol. The molecular formula is C17H25N3O4S. The minimum atomic E-state index is -3.70. The summed E-state index contributed by atoms with van der Waals surface area (Å²) in [6, 6.07) is 4.95. The zero-order valence-electron chi connectivity index (χ0n) is 14.5. The van der Waals surface area contributed by atoms with Gasteiger partial charge in [0.25, 0.3) is 0 Å². The van der Waals surface area contributed by atoms with E-state index in [1.165, 1.54) is 0 Å². The number of piperidine rings is 1. The summed E-state index contributed by atoms with van der Waals surface area (Å²) in [5.41, 5.74) is 1.90. The van der Waals surface area contributed by atoms with Crippen LogP contribution in [-0.2, 0) is 32.8 Å². The Morgan fingerprint density at radius 2 is 2.12 bits per heavy atom. The Labute approximate surface area is 148 Å². The van der Waals surface area contributed by atoms with Gasteiger partial charge in [-0.15, -0.1) is 0 Å². The summed E-state index contributed by atoms with van der Waals surface area (Å²) >= 11 is 0. The molecule has 1 aromatic rings. The van der Waals surface area contributed by atoms with Crippen molar-refractivity contribution < 1.29 is 17.9 Å². The fourth-order valence-electron chi connectivity index (χ4n) is 3.41. The molecule has 1 unspecified atom stereocenters. The lowest BCUT2D eigenvalue weighted by Crippen LogP contribution is -2.46.